The Morgan fingerprint density at radius 3 is 2.50 bits per heavy atom. The van der Waals surface area contributed by atoms with Gasteiger partial charge in [0.25, 0.3) is 5.91 Å². The molecule has 0 bridgehead atoms. The summed E-state index contributed by atoms with van der Waals surface area (Å²) in [7, 11) is 2.08. The number of nitrogens with zero attached hydrogens (tertiary/aromatic N) is 4. The molecule has 1 fully saturated rings. The van der Waals surface area contributed by atoms with Crippen LogP contribution in [0.1, 0.15) is 21.5 Å². The smallest absolute Gasteiger partial charge is 0.253 e. The minimum absolute atomic E-state index is 0.0630. The van der Waals surface area contributed by atoms with E-state index in [1.807, 2.05) is 64.2 Å². The molecular weight excluding hydrogens is 348 g/mol. The molecule has 140 valence electrons. The molecule has 0 spiro atoms. The normalized spacial score (nSPS) is 14.4. The van der Waals surface area contributed by atoms with Gasteiger partial charge >= 0.3 is 0 Å². The minimum Gasteiger partial charge on any atom is -0.336 e. The maximum Gasteiger partial charge on any atom is 0.253 e. The monoisotopic (exact) mass is 370 g/mol. The molecule has 2 aromatic carbocycles. The van der Waals surface area contributed by atoms with E-state index in [1.54, 1.807) is 12.5 Å². The molecule has 1 amide bonds. The maximum absolute atomic E-state index is 13.0. The first-order chi connectivity index (χ1) is 13.7. The lowest BCUT2D eigenvalue weighted by Crippen LogP contribution is -2.47. The lowest BCUT2D eigenvalue weighted by molar-refractivity contribution is 0.0664. The number of rotatable bonds is 2. The number of piperazine rings is 1. The molecule has 0 aliphatic carbocycles. The highest BCUT2D eigenvalue weighted by atomic mass is 16.2. The van der Waals surface area contributed by atoms with Gasteiger partial charge in [-0.15, -0.1) is 0 Å². The number of carbonyl (C=O) groups is 1. The van der Waals surface area contributed by atoms with E-state index < -0.39 is 0 Å². The van der Waals surface area contributed by atoms with Crippen LogP contribution >= 0.6 is 0 Å². The van der Waals surface area contributed by atoms with Crippen molar-refractivity contribution in [1.29, 1.82) is 0 Å². The Balaban J connectivity index is 1.68. The molecule has 0 saturated carbocycles. The number of aromatic nitrogens is 2. The summed E-state index contributed by atoms with van der Waals surface area (Å²) in [6, 6.07) is 15.6. The predicted molar refractivity (Wildman–Crippen MR) is 109 cm³/mol. The highest BCUT2D eigenvalue weighted by Gasteiger charge is 2.21. The highest BCUT2D eigenvalue weighted by Crippen LogP contribution is 2.18. The Kier molecular flexibility index (Phi) is 5.22. The molecule has 4 rings (SSSR count). The second-order valence-corrected chi connectivity index (χ2v) is 6.91. The zero-order valence-electron chi connectivity index (χ0n) is 15.9. The average molecular weight is 370 g/mol. The molecule has 5 nitrogen and oxygen atoms in total. The summed E-state index contributed by atoms with van der Waals surface area (Å²) in [6.45, 7) is 3.31. The van der Waals surface area contributed by atoms with Crippen LogP contribution in [0.3, 0.4) is 0 Å². The van der Waals surface area contributed by atoms with Crippen LogP contribution in [0.5, 0.6) is 0 Å². The Morgan fingerprint density at radius 2 is 1.79 bits per heavy atom. The van der Waals surface area contributed by atoms with Crippen molar-refractivity contribution >= 4 is 5.91 Å². The van der Waals surface area contributed by atoms with Gasteiger partial charge in [-0.1, -0.05) is 30.0 Å². The van der Waals surface area contributed by atoms with Crippen LogP contribution in [-0.2, 0) is 0 Å². The van der Waals surface area contributed by atoms with Gasteiger partial charge < -0.3 is 14.4 Å². The number of carbonyl (C=O) groups excluding carboxylic acids is 1. The third-order valence-electron chi connectivity index (χ3n) is 4.93. The highest BCUT2D eigenvalue weighted by molar-refractivity contribution is 5.95. The van der Waals surface area contributed by atoms with E-state index in [2.05, 4.69) is 28.8 Å². The van der Waals surface area contributed by atoms with Crippen molar-refractivity contribution in [1.82, 2.24) is 19.4 Å². The summed E-state index contributed by atoms with van der Waals surface area (Å²) in [4.78, 5) is 21.3. The molecule has 0 N–H and O–H groups in total. The van der Waals surface area contributed by atoms with Crippen LogP contribution in [0.4, 0.5) is 0 Å². The number of benzene rings is 2. The minimum atomic E-state index is 0.0630. The van der Waals surface area contributed by atoms with Gasteiger partial charge in [0.1, 0.15) is 0 Å². The van der Waals surface area contributed by atoms with E-state index in [1.165, 1.54) is 0 Å². The first-order valence-corrected chi connectivity index (χ1v) is 9.38. The van der Waals surface area contributed by atoms with E-state index in [-0.39, 0.29) is 5.91 Å². The number of hydrogen-bond donors (Lipinski definition) is 0. The second kappa shape index (κ2) is 8.12. The topological polar surface area (TPSA) is 41.4 Å². The lowest BCUT2D eigenvalue weighted by atomic mass is 10.1. The Hall–Kier alpha value is -3.36. The molecule has 28 heavy (non-hydrogen) atoms. The van der Waals surface area contributed by atoms with Crippen molar-refractivity contribution in [2.75, 3.05) is 33.2 Å². The fourth-order valence-electron chi connectivity index (χ4n) is 3.25. The van der Waals surface area contributed by atoms with Crippen molar-refractivity contribution in [3.63, 3.8) is 0 Å². The largest absolute Gasteiger partial charge is 0.336 e. The van der Waals surface area contributed by atoms with Crippen LogP contribution < -0.4 is 0 Å². The fourth-order valence-corrected chi connectivity index (χ4v) is 3.25. The summed E-state index contributed by atoms with van der Waals surface area (Å²) < 4.78 is 1.92. The SMILES string of the molecule is CN1CCN(C(=O)c2ccc(-n3ccnc3)c(C#Cc3ccccc3)c2)CC1. The lowest BCUT2D eigenvalue weighted by Gasteiger charge is -2.32. The van der Waals surface area contributed by atoms with Crippen molar-refractivity contribution in [3.8, 4) is 17.5 Å². The van der Waals surface area contributed by atoms with Crippen molar-refractivity contribution in [3.05, 3.63) is 83.9 Å². The zero-order valence-corrected chi connectivity index (χ0v) is 15.9. The summed E-state index contributed by atoms with van der Waals surface area (Å²) in [5.74, 6) is 6.51. The second-order valence-electron chi connectivity index (χ2n) is 6.91. The van der Waals surface area contributed by atoms with Gasteiger partial charge in [0.2, 0.25) is 0 Å². The fraction of sp³-hybridized carbons (Fsp3) is 0.217. The first kappa shape index (κ1) is 18.0. The molecule has 1 aliphatic heterocycles. The van der Waals surface area contributed by atoms with Crippen LogP contribution in [0.15, 0.2) is 67.3 Å². The van der Waals surface area contributed by atoms with Crippen LogP contribution in [0.25, 0.3) is 5.69 Å². The van der Waals surface area contributed by atoms with Crippen molar-refractivity contribution in [2.24, 2.45) is 0 Å². The summed E-state index contributed by atoms with van der Waals surface area (Å²) in [6.07, 6.45) is 5.35. The van der Waals surface area contributed by atoms with E-state index >= 15 is 0 Å². The van der Waals surface area contributed by atoms with Crippen molar-refractivity contribution < 1.29 is 4.79 Å². The molecule has 0 atom stereocenters. The van der Waals surface area contributed by atoms with E-state index in [0.717, 1.165) is 43.0 Å². The van der Waals surface area contributed by atoms with Gasteiger partial charge in [0, 0.05) is 55.3 Å². The zero-order chi connectivity index (χ0) is 19.3. The summed E-state index contributed by atoms with van der Waals surface area (Å²) in [5, 5.41) is 0. The number of amides is 1. The van der Waals surface area contributed by atoms with Gasteiger partial charge in [0.05, 0.1) is 12.0 Å². The Bertz CT molecular complexity index is 1010. The molecular formula is C23H22N4O. The molecule has 1 saturated heterocycles. The molecule has 1 aromatic heterocycles. The summed E-state index contributed by atoms with van der Waals surface area (Å²) in [5.41, 5.74) is 3.33. The third-order valence-corrected chi connectivity index (χ3v) is 4.93. The average Bonchev–Trinajstić information content (AvgIpc) is 3.27. The standard InChI is InChI=1S/C23H22N4O/c1-25-13-15-26(16-14-25)23(28)21-9-10-22(27-12-11-24-18-27)20(17-21)8-7-19-5-3-2-4-6-19/h2-6,9-12,17-18H,13-16H2,1H3. The molecule has 5 heteroatoms. The van der Waals surface area contributed by atoms with E-state index in [4.69, 9.17) is 0 Å². The maximum atomic E-state index is 13.0. The van der Waals surface area contributed by atoms with E-state index in [9.17, 15) is 4.79 Å². The summed E-state index contributed by atoms with van der Waals surface area (Å²) >= 11 is 0. The molecule has 0 radical (unpaired) electrons. The Morgan fingerprint density at radius 1 is 1.00 bits per heavy atom. The number of hydrogen-bond acceptors (Lipinski definition) is 3. The van der Waals surface area contributed by atoms with Gasteiger partial charge in [-0.3, -0.25) is 4.79 Å². The van der Waals surface area contributed by atoms with Gasteiger partial charge in [-0.25, -0.2) is 4.98 Å². The number of likely N-dealkylation sites (N-methyl/N-ethyl adjacent to an activating group) is 1. The first-order valence-electron chi connectivity index (χ1n) is 9.38. The van der Waals surface area contributed by atoms with Gasteiger partial charge in [0.15, 0.2) is 0 Å². The molecule has 1 aliphatic rings. The van der Waals surface area contributed by atoms with Crippen LogP contribution in [0.2, 0.25) is 0 Å². The van der Waals surface area contributed by atoms with Crippen molar-refractivity contribution in [2.45, 2.75) is 0 Å². The molecule has 0 unspecified atom stereocenters. The quantitative estimate of drug-likeness (QED) is 0.652. The van der Waals surface area contributed by atoms with Gasteiger partial charge in [-0.05, 0) is 37.4 Å². The van der Waals surface area contributed by atoms with Crippen LogP contribution in [-0.4, -0.2) is 58.5 Å². The van der Waals surface area contributed by atoms with E-state index in [0.29, 0.717) is 5.56 Å². The number of imidazole rings is 1. The predicted octanol–water partition coefficient (Wildman–Crippen LogP) is 2.66. The molecule has 3 aromatic rings. The molecule has 2 heterocycles. The Labute approximate surface area is 165 Å². The third kappa shape index (κ3) is 3.98. The van der Waals surface area contributed by atoms with Crippen LogP contribution in [0, 0.1) is 11.8 Å². The van der Waals surface area contributed by atoms with Gasteiger partial charge in [-0.2, -0.15) is 0 Å².